The quantitative estimate of drug-likeness (QED) is 0.631. The molecule has 2 nitrogen and oxygen atoms in total. The molecule has 0 radical (unpaired) electrons. The van der Waals surface area contributed by atoms with Crippen molar-refractivity contribution < 1.29 is 4.79 Å². The van der Waals surface area contributed by atoms with Crippen molar-refractivity contribution in [2.45, 2.75) is 5.88 Å². The van der Waals surface area contributed by atoms with Crippen LogP contribution < -0.4 is 5.73 Å². The van der Waals surface area contributed by atoms with Crippen molar-refractivity contribution >= 4 is 44.3 Å². The number of thiophene rings is 1. The number of fused-ring (bicyclic) bond motifs is 1. The average molecular weight is 226 g/mol. The standard InChI is InChI=1S/C10H8ClNOS/c11-4-7-2-9-6(1-8(7)5-13)3-10(12)14-9/h1-3,5H,4,12H2. The minimum Gasteiger partial charge on any atom is -0.391 e. The van der Waals surface area contributed by atoms with E-state index < -0.39 is 0 Å². The van der Waals surface area contributed by atoms with Crippen LogP contribution in [0.2, 0.25) is 0 Å². The number of hydrogen-bond acceptors (Lipinski definition) is 3. The van der Waals surface area contributed by atoms with Gasteiger partial charge in [-0.3, -0.25) is 4.79 Å². The van der Waals surface area contributed by atoms with E-state index in [0.717, 1.165) is 26.9 Å². The van der Waals surface area contributed by atoms with Gasteiger partial charge in [-0.2, -0.15) is 0 Å². The Morgan fingerprint density at radius 3 is 2.86 bits per heavy atom. The molecule has 4 heteroatoms. The van der Waals surface area contributed by atoms with E-state index in [1.54, 1.807) is 0 Å². The van der Waals surface area contributed by atoms with Crippen LogP contribution in [0.5, 0.6) is 0 Å². The normalized spacial score (nSPS) is 10.6. The van der Waals surface area contributed by atoms with Crippen molar-refractivity contribution in [2.24, 2.45) is 0 Å². The van der Waals surface area contributed by atoms with Gasteiger partial charge in [0.05, 0.1) is 5.00 Å². The second-order valence-corrected chi connectivity index (χ2v) is 4.37. The smallest absolute Gasteiger partial charge is 0.150 e. The molecule has 0 saturated carbocycles. The number of halogens is 1. The van der Waals surface area contributed by atoms with Crippen LogP contribution in [0.1, 0.15) is 15.9 Å². The van der Waals surface area contributed by atoms with Gasteiger partial charge in [0.1, 0.15) is 6.29 Å². The third-order valence-electron chi connectivity index (χ3n) is 2.07. The molecule has 1 aromatic heterocycles. The molecule has 0 saturated heterocycles. The van der Waals surface area contributed by atoms with Gasteiger partial charge in [-0.05, 0) is 29.1 Å². The lowest BCUT2D eigenvalue weighted by Crippen LogP contribution is -1.88. The lowest BCUT2D eigenvalue weighted by Gasteiger charge is -1.99. The molecule has 0 aliphatic rings. The van der Waals surface area contributed by atoms with E-state index in [9.17, 15) is 4.79 Å². The SMILES string of the molecule is Nc1cc2cc(C=O)c(CCl)cc2s1. The summed E-state index contributed by atoms with van der Waals surface area (Å²) in [6, 6.07) is 5.62. The molecule has 14 heavy (non-hydrogen) atoms. The number of alkyl halides is 1. The van der Waals surface area contributed by atoms with Gasteiger partial charge < -0.3 is 5.73 Å². The molecule has 0 unspecified atom stereocenters. The van der Waals surface area contributed by atoms with Crippen LogP contribution in [0, 0.1) is 0 Å². The van der Waals surface area contributed by atoms with E-state index in [1.165, 1.54) is 11.3 Å². The number of nitrogens with two attached hydrogens (primary N) is 1. The number of rotatable bonds is 2. The number of carbonyl (C=O) groups is 1. The summed E-state index contributed by atoms with van der Waals surface area (Å²) in [5, 5.41) is 1.76. The van der Waals surface area contributed by atoms with Crippen molar-refractivity contribution in [3.05, 3.63) is 29.3 Å². The number of benzene rings is 1. The minimum atomic E-state index is 0.349. The highest BCUT2D eigenvalue weighted by molar-refractivity contribution is 7.22. The van der Waals surface area contributed by atoms with Gasteiger partial charge in [0, 0.05) is 16.1 Å². The number of hydrogen-bond donors (Lipinski definition) is 1. The maximum atomic E-state index is 10.8. The highest BCUT2D eigenvalue weighted by atomic mass is 35.5. The average Bonchev–Trinajstić information content (AvgIpc) is 2.54. The van der Waals surface area contributed by atoms with E-state index in [-0.39, 0.29) is 0 Å². The molecule has 1 heterocycles. The topological polar surface area (TPSA) is 43.1 Å². The summed E-state index contributed by atoms with van der Waals surface area (Å²) in [5.41, 5.74) is 7.17. The van der Waals surface area contributed by atoms with E-state index in [0.29, 0.717) is 11.4 Å². The first-order valence-corrected chi connectivity index (χ1v) is 5.43. The monoisotopic (exact) mass is 225 g/mol. The summed E-state index contributed by atoms with van der Waals surface area (Å²) >= 11 is 7.24. The zero-order chi connectivity index (χ0) is 10.1. The molecule has 0 atom stereocenters. The maximum absolute atomic E-state index is 10.8. The van der Waals surface area contributed by atoms with Gasteiger partial charge in [-0.25, -0.2) is 0 Å². The molecule has 0 bridgehead atoms. The first-order valence-electron chi connectivity index (χ1n) is 4.07. The van der Waals surface area contributed by atoms with Crippen LogP contribution in [0.25, 0.3) is 10.1 Å². The molecule has 1 aromatic carbocycles. The Hall–Kier alpha value is -1.06. The van der Waals surface area contributed by atoms with Crippen molar-refractivity contribution in [2.75, 3.05) is 5.73 Å². The van der Waals surface area contributed by atoms with Gasteiger partial charge in [0.2, 0.25) is 0 Å². The van der Waals surface area contributed by atoms with Crippen LogP contribution in [0.3, 0.4) is 0 Å². The van der Waals surface area contributed by atoms with E-state index >= 15 is 0 Å². The zero-order valence-corrected chi connectivity index (χ0v) is 8.86. The number of carbonyl (C=O) groups excluding carboxylic acids is 1. The van der Waals surface area contributed by atoms with Crippen molar-refractivity contribution in [1.82, 2.24) is 0 Å². The molecule has 72 valence electrons. The largest absolute Gasteiger partial charge is 0.391 e. The van der Waals surface area contributed by atoms with E-state index in [4.69, 9.17) is 17.3 Å². The Morgan fingerprint density at radius 2 is 2.21 bits per heavy atom. The Balaban J connectivity index is 2.74. The first-order chi connectivity index (χ1) is 6.74. The van der Waals surface area contributed by atoms with Gasteiger partial charge in [-0.1, -0.05) is 0 Å². The third-order valence-corrected chi connectivity index (χ3v) is 3.28. The molecule has 0 fully saturated rings. The van der Waals surface area contributed by atoms with Crippen LogP contribution in [0.15, 0.2) is 18.2 Å². The lowest BCUT2D eigenvalue weighted by molar-refractivity contribution is 0.112. The summed E-state index contributed by atoms with van der Waals surface area (Å²) in [5.74, 6) is 0.349. The second-order valence-electron chi connectivity index (χ2n) is 2.99. The predicted molar refractivity (Wildman–Crippen MR) is 61.2 cm³/mol. The molecule has 0 aliphatic carbocycles. The molecular formula is C10H8ClNOS. The fourth-order valence-electron chi connectivity index (χ4n) is 1.39. The molecule has 0 amide bonds. The number of aldehydes is 1. The van der Waals surface area contributed by atoms with Gasteiger partial charge in [0.25, 0.3) is 0 Å². The molecule has 2 rings (SSSR count). The zero-order valence-electron chi connectivity index (χ0n) is 7.29. The van der Waals surface area contributed by atoms with Gasteiger partial charge in [0.15, 0.2) is 0 Å². The summed E-state index contributed by atoms with van der Waals surface area (Å²) in [4.78, 5) is 10.8. The fraction of sp³-hybridized carbons (Fsp3) is 0.100. The Labute approximate surface area is 90.3 Å². The molecule has 2 aromatic rings. The fourth-order valence-corrected chi connectivity index (χ4v) is 2.50. The van der Waals surface area contributed by atoms with Crippen LogP contribution >= 0.6 is 22.9 Å². The Kier molecular flexibility index (Phi) is 2.44. The molecule has 0 aliphatic heterocycles. The Morgan fingerprint density at radius 1 is 1.43 bits per heavy atom. The summed E-state index contributed by atoms with van der Waals surface area (Å²) in [6.45, 7) is 0. The molecular weight excluding hydrogens is 218 g/mol. The van der Waals surface area contributed by atoms with Gasteiger partial charge >= 0.3 is 0 Å². The van der Waals surface area contributed by atoms with Crippen molar-refractivity contribution in [3.63, 3.8) is 0 Å². The van der Waals surface area contributed by atoms with Crippen LogP contribution in [-0.4, -0.2) is 6.29 Å². The Bertz CT molecular complexity index is 492. The maximum Gasteiger partial charge on any atom is 0.150 e. The van der Waals surface area contributed by atoms with Gasteiger partial charge in [-0.15, -0.1) is 22.9 Å². The highest BCUT2D eigenvalue weighted by Crippen LogP contribution is 2.30. The van der Waals surface area contributed by atoms with Crippen molar-refractivity contribution in [1.29, 1.82) is 0 Å². The minimum absolute atomic E-state index is 0.349. The predicted octanol–water partition coefficient (Wildman–Crippen LogP) is 3.03. The number of nitrogen functional groups attached to an aromatic ring is 1. The molecule has 2 N–H and O–H groups in total. The lowest BCUT2D eigenvalue weighted by atomic mass is 10.1. The molecule has 0 spiro atoms. The highest BCUT2D eigenvalue weighted by Gasteiger charge is 2.05. The first kappa shape index (κ1) is 9.49. The van der Waals surface area contributed by atoms with Crippen LogP contribution in [-0.2, 0) is 5.88 Å². The van der Waals surface area contributed by atoms with E-state index in [1.807, 2.05) is 18.2 Å². The summed E-state index contributed by atoms with van der Waals surface area (Å²) < 4.78 is 1.07. The summed E-state index contributed by atoms with van der Waals surface area (Å²) in [7, 11) is 0. The number of anilines is 1. The third kappa shape index (κ3) is 1.49. The van der Waals surface area contributed by atoms with E-state index in [2.05, 4.69) is 0 Å². The van der Waals surface area contributed by atoms with Crippen LogP contribution in [0.4, 0.5) is 5.00 Å². The second kappa shape index (κ2) is 3.59. The van der Waals surface area contributed by atoms with Crippen molar-refractivity contribution in [3.8, 4) is 0 Å². The summed E-state index contributed by atoms with van der Waals surface area (Å²) in [6.07, 6.45) is 0.824.